The number of carboxylic acids is 1. The van der Waals surface area contributed by atoms with Gasteiger partial charge in [0.2, 0.25) is 0 Å². The number of hydrogen-bond donors (Lipinski definition) is 3. The van der Waals surface area contributed by atoms with Crippen molar-refractivity contribution in [2.45, 2.75) is 32.7 Å². The summed E-state index contributed by atoms with van der Waals surface area (Å²) >= 11 is 0. The van der Waals surface area contributed by atoms with Crippen LogP contribution in [0.3, 0.4) is 0 Å². The molecule has 18 heavy (non-hydrogen) atoms. The number of nitrogens with one attached hydrogen (secondary N) is 1. The predicted molar refractivity (Wildman–Crippen MR) is 68.7 cm³/mol. The first-order valence-electron chi connectivity index (χ1n) is 6.31. The number of carbonyl (C=O) groups is 1. The Labute approximate surface area is 107 Å². The molecule has 2 unspecified atom stereocenters. The maximum Gasteiger partial charge on any atom is 0.307 e. The highest BCUT2D eigenvalue weighted by molar-refractivity contribution is 5.70. The van der Waals surface area contributed by atoms with Crippen molar-refractivity contribution in [1.29, 1.82) is 0 Å². The van der Waals surface area contributed by atoms with E-state index in [0.29, 0.717) is 18.7 Å². The van der Waals surface area contributed by atoms with Crippen LogP contribution in [0.5, 0.6) is 5.75 Å². The molecule has 1 saturated heterocycles. The Bertz CT molecular complexity index is 470. The van der Waals surface area contributed by atoms with Crippen LogP contribution >= 0.6 is 0 Å². The molecule has 1 aliphatic rings. The Morgan fingerprint density at radius 2 is 2.22 bits per heavy atom. The van der Waals surface area contributed by atoms with E-state index in [1.54, 1.807) is 6.07 Å². The second-order valence-electron chi connectivity index (χ2n) is 4.92. The third-order valence-corrected chi connectivity index (χ3v) is 3.70. The van der Waals surface area contributed by atoms with Gasteiger partial charge in [-0.25, -0.2) is 0 Å². The van der Waals surface area contributed by atoms with Crippen molar-refractivity contribution >= 4 is 5.97 Å². The fraction of sp³-hybridized carbons (Fsp3) is 0.500. The molecule has 1 fully saturated rings. The highest BCUT2D eigenvalue weighted by atomic mass is 16.4. The normalized spacial score (nSPS) is 23.2. The van der Waals surface area contributed by atoms with Gasteiger partial charge in [0.15, 0.2) is 0 Å². The molecule has 0 aliphatic carbocycles. The molecule has 0 amide bonds. The van der Waals surface area contributed by atoms with E-state index in [4.69, 9.17) is 5.11 Å². The summed E-state index contributed by atoms with van der Waals surface area (Å²) in [4.78, 5) is 11.0. The Hall–Kier alpha value is -1.55. The summed E-state index contributed by atoms with van der Waals surface area (Å²) in [6.07, 6.45) is 1.39. The van der Waals surface area contributed by atoms with Gasteiger partial charge in [0.25, 0.3) is 0 Å². The lowest BCUT2D eigenvalue weighted by atomic mass is 9.94. The zero-order valence-electron chi connectivity index (χ0n) is 10.7. The number of rotatable bonds is 3. The Balaban J connectivity index is 2.26. The van der Waals surface area contributed by atoms with Gasteiger partial charge in [0.1, 0.15) is 5.75 Å². The van der Waals surface area contributed by atoms with Crippen molar-refractivity contribution in [3.63, 3.8) is 0 Å². The quantitative estimate of drug-likeness (QED) is 0.766. The number of phenolic OH excluding ortho intramolecular Hbond substituents is 1. The minimum atomic E-state index is -0.739. The summed E-state index contributed by atoms with van der Waals surface area (Å²) in [5.74, 6) is -0.725. The third-order valence-electron chi connectivity index (χ3n) is 3.70. The molecule has 0 saturated carbocycles. The summed E-state index contributed by atoms with van der Waals surface area (Å²) < 4.78 is 0. The number of aromatic hydroxyl groups is 1. The van der Waals surface area contributed by atoms with Gasteiger partial charge in [0.05, 0.1) is 5.92 Å². The molecule has 0 spiro atoms. The first kappa shape index (κ1) is 12.9. The zero-order valence-corrected chi connectivity index (χ0v) is 10.7. The topological polar surface area (TPSA) is 69.6 Å². The van der Waals surface area contributed by atoms with Gasteiger partial charge >= 0.3 is 5.97 Å². The van der Waals surface area contributed by atoms with E-state index in [0.717, 1.165) is 23.1 Å². The van der Waals surface area contributed by atoms with Crippen molar-refractivity contribution in [3.8, 4) is 5.75 Å². The molecule has 0 bridgehead atoms. The predicted octanol–water partition coefficient (Wildman–Crippen LogP) is 2.00. The van der Waals surface area contributed by atoms with Crippen LogP contribution in [0.1, 0.15) is 36.1 Å². The van der Waals surface area contributed by atoms with Crippen LogP contribution in [0.2, 0.25) is 0 Å². The maximum absolute atomic E-state index is 11.0. The summed E-state index contributed by atoms with van der Waals surface area (Å²) in [5, 5.41) is 22.0. The van der Waals surface area contributed by atoms with E-state index < -0.39 is 5.97 Å². The van der Waals surface area contributed by atoms with Crippen molar-refractivity contribution in [2.24, 2.45) is 5.92 Å². The van der Waals surface area contributed by atoms with Crippen LogP contribution in [0, 0.1) is 12.8 Å². The largest absolute Gasteiger partial charge is 0.508 e. The highest BCUT2D eigenvalue weighted by Crippen LogP contribution is 2.33. The molecule has 98 valence electrons. The van der Waals surface area contributed by atoms with Crippen molar-refractivity contribution in [1.82, 2.24) is 5.32 Å². The standard InChI is InChI=1S/C14H19NO3/c1-3-9-5-11(8(2)4-13(9)16)12-6-10(7-15-12)14(17)18/h4-5,10,12,15-16H,3,6-7H2,1-2H3,(H,17,18). The Morgan fingerprint density at radius 1 is 1.50 bits per heavy atom. The average Bonchev–Trinajstić information content (AvgIpc) is 2.78. The van der Waals surface area contributed by atoms with Gasteiger partial charge in [-0.05, 0) is 42.5 Å². The van der Waals surface area contributed by atoms with E-state index >= 15 is 0 Å². The van der Waals surface area contributed by atoms with E-state index in [2.05, 4.69) is 5.32 Å². The van der Waals surface area contributed by atoms with Gasteiger partial charge in [0, 0.05) is 12.6 Å². The molecule has 1 aromatic carbocycles. The number of carboxylic acid groups (broad SMARTS) is 1. The monoisotopic (exact) mass is 249 g/mol. The second-order valence-corrected chi connectivity index (χ2v) is 4.92. The van der Waals surface area contributed by atoms with Gasteiger partial charge in [-0.3, -0.25) is 4.79 Å². The van der Waals surface area contributed by atoms with Crippen LogP contribution in [-0.2, 0) is 11.2 Å². The maximum atomic E-state index is 11.0. The average molecular weight is 249 g/mol. The van der Waals surface area contributed by atoms with E-state index in [1.807, 2.05) is 19.9 Å². The molecule has 1 aliphatic heterocycles. The van der Waals surface area contributed by atoms with E-state index in [-0.39, 0.29) is 12.0 Å². The summed E-state index contributed by atoms with van der Waals surface area (Å²) in [5.41, 5.74) is 3.03. The zero-order chi connectivity index (χ0) is 13.3. The summed E-state index contributed by atoms with van der Waals surface area (Å²) in [7, 11) is 0. The Kier molecular flexibility index (Phi) is 3.57. The lowest BCUT2D eigenvalue weighted by Gasteiger charge is -2.16. The van der Waals surface area contributed by atoms with Crippen molar-refractivity contribution in [3.05, 3.63) is 28.8 Å². The van der Waals surface area contributed by atoms with Gasteiger partial charge < -0.3 is 15.5 Å². The van der Waals surface area contributed by atoms with Crippen LogP contribution < -0.4 is 5.32 Å². The number of phenols is 1. The summed E-state index contributed by atoms with van der Waals surface area (Å²) in [6, 6.07) is 3.84. The molecule has 0 aromatic heterocycles. The molecular formula is C14H19NO3. The number of aryl methyl sites for hydroxylation is 2. The first-order chi connectivity index (χ1) is 8.52. The number of benzene rings is 1. The van der Waals surface area contributed by atoms with Gasteiger partial charge in [-0.2, -0.15) is 0 Å². The second kappa shape index (κ2) is 4.98. The third kappa shape index (κ3) is 2.34. The van der Waals surface area contributed by atoms with Crippen molar-refractivity contribution < 1.29 is 15.0 Å². The van der Waals surface area contributed by atoms with Gasteiger partial charge in [-0.1, -0.05) is 13.0 Å². The van der Waals surface area contributed by atoms with E-state index in [9.17, 15) is 9.90 Å². The molecule has 4 nitrogen and oxygen atoms in total. The molecule has 1 aromatic rings. The lowest BCUT2D eigenvalue weighted by Crippen LogP contribution is -2.17. The van der Waals surface area contributed by atoms with Crippen molar-refractivity contribution in [2.75, 3.05) is 6.54 Å². The molecular weight excluding hydrogens is 230 g/mol. The fourth-order valence-corrected chi connectivity index (χ4v) is 2.58. The molecule has 2 rings (SSSR count). The Morgan fingerprint density at radius 3 is 2.78 bits per heavy atom. The number of aliphatic carboxylic acids is 1. The van der Waals surface area contributed by atoms with Crippen LogP contribution in [0.15, 0.2) is 12.1 Å². The van der Waals surface area contributed by atoms with Crippen LogP contribution in [-0.4, -0.2) is 22.7 Å². The number of hydrogen-bond acceptors (Lipinski definition) is 3. The molecule has 0 radical (unpaired) electrons. The first-order valence-corrected chi connectivity index (χ1v) is 6.31. The molecule has 3 N–H and O–H groups in total. The fourth-order valence-electron chi connectivity index (χ4n) is 2.58. The summed E-state index contributed by atoms with van der Waals surface area (Å²) in [6.45, 7) is 4.46. The SMILES string of the molecule is CCc1cc(C2CC(C(=O)O)CN2)c(C)cc1O. The highest BCUT2D eigenvalue weighted by Gasteiger charge is 2.31. The van der Waals surface area contributed by atoms with E-state index in [1.165, 1.54) is 0 Å². The minimum Gasteiger partial charge on any atom is -0.508 e. The van der Waals surface area contributed by atoms with Gasteiger partial charge in [-0.15, -0.1) is 0 Å². The molecule has 2 atom stereocenters. The lowest BCUT2D eigenvalue weighted by molar-refractivity contribution is -0.141. The molecule has 1 heterocycles. The van der Waals surface area contributed by atoms with Crippen LogP contribution in [0.25, 0.3) is 0 Å². The smallest absolute Gasteiger partial charge is 0.307 e. The van der Waals surface area contributed by atoms with Crippen LogP contribution in [0.4, 0.5) is 0 Å². The molecule has 4 heteroatoms. The minimum absolute atomic E-state index is 0.0806.